The molecule has 2 aromatic carbocycles. The summed E-state index contributed by atoms with van der Waals surface area (Å²) in [5, 5.41) is 3.65. The van der Waals surface area contributed by atoms with Gasteiger partial charge in [-0.2, -0.15) is 0 Å². The van der Waals surface area contributed by atoms with Crippen LogP contribution in [0.25, 0.3) is 0 Å². The number of piperidine rings is 1. The van der Waals surface area contributed by atoms with E-state index in [0.29, 0.717) is 17.1 Å². The van der Waals surface area contributed by atoms with Gasteiger partial charge in [0.25, 0.3) is 0 Å². The molecule has 5 heteroatoms. The molecule has 0 saturated carbocycles. The van der Waals surface area contributed by atoms with Gasteiger partial charge < -0.3 is 5.32 Å². The van der Waals surface area contributed by atoms with Crippen LogP contribution in [-0.2, 0) is 11.3 Å². The summed E-state index contributed by atoms with van der Waals surface area (Å²) in [6, 6.07) is 13.1. The van der Waals surface area contributed by atoms with Crippen LogP contribution in [0.15, 0.2) is 42.5 Å². The molecule has 1 aliphatic rings. The minimum Gasteiger partial charge on any atom is -0.349 e. The fraction of sp³-hybridized carbons (Fsp3) is 0.435. The van der Waals surface area contributed by atoms with Gasteiger partial charge in [-0.15, -0.1) is 0 Å². The average molecular weight is 403 g/mol. The van der Waals surface area contributed by atoms with E-state index in [1.165, 1.54) is 17.2 Å². The summed E-state index contributed by atoms with van der Waals surface area (Å²) in [5.41, 5.74) is 3.04. The Bertz CT molecular complexity index is 818. The standard InChI is InChI=1S/C23H28ClFN2O/c1-3-22(20-7-5-4-6-16(20)2)26-23(28)17-10-12-27(13-11-17)15-18-8-9-19(24)14-21(18)25/h4-9,14,17,22H,3,10-13,15H2,1-2H3,(H,26,28)/t22-/m0/s1. The number of hydrogen-bond donors (Lipinski definition) is 1. The van der Waals surface area contributed by atoms with Crippen molar-refractivity contribution in [3.05, 3.63) is 70.0 Å². The molecule has 1 saturated heterocycles. The average Bonchev–Trinajstić information content (AvgIpc) is 2.69. The Morgan fingerprint density at radius 3 is 2.61 bits per heavy atom. The normalized spacial score (nSPS) is 16.7. The number of rotatable bonds is 6. The lowest BCUT2D eigenvalue weighted by Crippen LogP contribution is -2.41. The highest BCUT2D eigenvalue weighted by Crippen LogP contribution is 2.25. The molecule has 3 rings (SSSR count). The van der Waals surface area contributed by atoms with Crippen LogP contribution in [-0.4, -0.2) is 23.9 Å². The first-order valence-corrected chi connectivity index (χ1v) is 10.4. The monoisotopic (exact) mass is 402 g/mol. The van der Waals surface area contributed by atoms with Crippen molar-refractivity contribution >= 4 is 17.5 Å². The van der Waals surface area contributed by atoms with Gasteiger partial charge in [0.1, 0.15) is 5.82 Å². The first-order chi connectivity index (χ1) is 13.5. The Morgan fingerprint density at radius 1 is 1.25 bits per heavy atom. The third-order valence-electron chi connectivity index (χ3n) is 5.66. The molecule has 1 amide bonds. The van der Waals surface area contributed by atoms with Crippen LogP contribution in [0.4, 0.5) is 4.39 Å². The summed E-state index contributed by atoms with van der Waals surface area (Å²) in [5.74, 6) is -0.117. The number of amides is 1. The first kappa shape index (κ1) is 20.8. The van der Waals surface area contributed by atoms with E-state index >= 15 is 0 Å². The molecule has 1 aliphatic heterocycles. The zero-order chi connectivity index (χ0) is 20.1. The first-order valence-electron chi connectivity index (χ1n) is 10.00. The minimum atomic E-state index is -0.267. The minimum absolute atomic E-state index is 0.0179. The summed E-state index contributed by atoms with van der Waals surface area (Å²) < 4.78 is 14.0. The molecule has 0 unspecified atom stereocenters. The number of nitrogens with one attached hydrogen (secondary N) is 1. The van der Waals surface area contributed by atoms with E-state index in [1.807, 2.05) is 12.1 Å². The fourth-order valence-electron chi connectivity index (χ4n) is 3.91. The maximum atomic E-state index is 14.0. The highest BCUT2D eigenvalue weighted by Gasteiger charge is 2.27. The molecular weight excluding hydrogens is 375 g/mol. The van der Waals surface area contributed by atoms with E-state index in [1.54, 1.807) is 12.1 Å². The van der Waals surface area contributed by atoms with Gasteiger partial charge in [-0.3, -0.25) is 9.69 Å². The molecule has 0 aliphatic carbocycles. The van der Waals surface area contributed by atoms with Crippen LogP contribution in [0.1, 0.15) is 48.9 Å². The molecule has 1 fully saturated rings. The second-order valence-electron chi connectivity index (χ2n) is 7.61. The van der Waals surface area contributed by atoms with Crippen molar-refractivity contribution in [1.82, 2.24) is 10.2 Å². The zero-order valence-corrected chi connectivity index (χ0v) is 17.3. The second kappa shape index (κ2) is 9.53. The smallest absolute Gasteiger partial charge is 0.223 e. The summed E-state index contributed by atoms with van der Waals surface area (Å²) >= 11 is 5.82. The fourth-order valence-corrected chi connectivity index (χ4v) is 4.07. The van der Waals surface area contributed by atoms with Crippen molar-refractivity contribution in [2.45, 2.75) is 45.7 Å². The summed E-state index contributed by atoms with van der Waals surface area (Å²) in [4.78, 5) is 15.0. The lowest BCUT2D eigenvalue weighted by molar-refractivity contribution is -0.127. The Balaban J connectivity index is 1.54. The maximum absolute atomic E-state index is 14.0. The molecule has 2 aromatic rings. The van der Waals surface area contributed by atoms with Gasteiger partial charge in [-0.05, 0) is 62.5 Å². The summed E-state index contributed by atoms with van der Waals surface area (Å²) in [6.07, 6.45) is 2.46. The number of aryl methyl sites for hydroxylation is 1. The Morgan fingerprint density at radius 2 is 1.96 bits per heavy atom. The van der Waals surface area contributed by atoms with Crippen molar-refractivity contribution in [2.24, 2.45) is 5.92 Å². The van der Waals surface area contributed by atoms with Gasteiger partial charge in [0.2, 0.25) is 5.91 Å². The number of halogens is 2. The number of hydrogen-bond acceptors (Lipinski definition) is 2. The van der Waals surface area contributed by atoms with Crippen molar-refractivity contribution in [3.8, 4) is 0 Å². The molecule has 150 valence electrons. The zero-order valence-electron chi connectivity index (χ0n) is 16.6. The van der Waals surface area contributed by atoms with Crippen molar-refractivity contribution in [1.29, 1.82) is 0 Å². The van der Waals surface area contributed by atoms with Gasteiger partial charge in [0, 0.05) is 23.0 Å². The van der Waals surface area contributed by atoms with E-state index in [-0.39, 0.29) is 23.7 Å². The number of likely N-dealkylation sites (tertiary alicyclic amines) is 1. The van der Waals surface area contributed by atoms with E-state index < -0.39 is 0 Å². The molecule has 1 heterocycles. The molecule has 0 aromatic heterocycles. The van der Waals surface area contributed by atoms with Crippen LogP contribution in [0, 0.1) is 18.7 Å². The third-order valence-corrected chi connectivity index (χ3v) is 5.89. The largest absolute Gasteiger partial charge is 0.349 e. The number of nitrogens with zero attached hydrogens (tertiary/aromatic N) is 1. The maximum Gasteiger partial charge on any atom is 0.223 e. The van der Waals surface area contributed by atoms with Crippen LogP contribution in [0.3, 0.4) is 0 Å². The predicted octanol–water partition coefficient (Wildman–Crippen LogP) is 5.27. The molecule has 28 heavy (non-hydrogen) atoms. The second-order valence-corrected chi connectivity index (χ2v) is 8.05. The summed E-state index contributed by atoms with van der Waals surface area (Å²) in [6.45, 7) is 6.32. The van der Waals surface area contributed by atoms with Crippen LogP contribution < -0.4 is 5.32 Å². The third kappa shape index (κ3) is 5.12. The van der Waals surface area contributed by atoms with Gasteiger partial charge in [-0.25, -0.2) is 4.39 Å². The van der Waals surface area contributed by atoms with Crippen molar-refractivity contribution in [2.75, 3.05) is 13.1 Å². The van der Waals surface area contributed by atoms with Gasteiger partial charge >= 0.3 is 0 Å². The lowest BCUT2D eigenvalue weighted by Gasteiger charge is -2.32. The predicted molar refractivity (Wildman–Crippen MR) is 112 cm³/mol. The molecule has 1 atom stereocenters. The number of benzene rings is 2. The Hall–Kier alpha value is -1.91. The molecule has 0 radical (unpaired) electrons. The highest BCUT2D eigenvalue weighted by atomic mass is 35.5. The summed E-state index contributed by atoms with van der Waals surface area (Å²) in [7, 11) is 0. The van der Waals surface area contributed by atoms with E-state index in [0.717, 1.165) is 32.4 Å². The topological polar surface area (TPSA) is 32.3 Å². The van der Waals surface area contributed by atoms with Crippen LogP contribution >= 0.6 is 11.6 Å². The highest BCUT2D eigenvalue weighted by molar-refractivity contribution is 6.30. The van der Waals surface area contributed by atoms with E-state index in [9.17, 15) is 9.18 Å². The van der Waals surface area contributed by atoms with Gasteiger partial charge in [0.15, 0.2) is 0 Å². The molecule has 0 bridgehead atoms. The van der Waals surface area contributed by atoms with Gasteiger partial charge in [-0.1, -0.05) is 48.9 Å². The Labute approximate surface area is 171 Å². The van der Waals surface area contributed by atoms with Crippen molar-refractivity contribution in [3.63, 3.8) is 0 Å². The quantitative estimate of drug-likeness (QED) is 0.714. The lowest BCUT2D eigenvalue weighted by atomic mass is 9.93. The Kier molecular flexibility index (Phi) is 7.08. The molecule has 3 nitrogen and oxygen atoms in total. The van der Waals surface area contributed by atoms with E-state index in [4.69, 9.17) is 11.6 Å². The number of carbonyl (C=O) groups excluding carboxylic acids is 1. The number of carbonyl (C=O) groups is 1. The SMILES string of the molecule is CC[C@H](NC(=O)C1CCN(Cc2ccc(Cl)cc2F)CC1)c1ccccc1C. The van der Waals surface area contributed by atoms with E-state index in [2.05, 4.69) is 36.2 Å². The van der Waals surface area contributed by atoms with Gasteiger partial charge in [0.05, 0.1) is 6.04 Å². The van der Waals surface area contributed by atoms with Crippen LogP contribution in [0.5, 0.6) is 0 Å². The van der Waals surface area contributed by atoms with Crippen LogP contribution in [0.2, 0.25) is 5.02 Å². The molecular formula is C23H28ClFN2O. The molecule has 0 spiro atoms. The van der Waals surface area contributed by atoms with Crippen molar-refractivity contribution < 1.29 is 9.18 Å². The molecule has 1 N–H and O–H groups in total.